The molecule has 4 rings (SSSR count). The van der Waals surface area contributed by atoms with E-state index in [1.54, 1.807) is 25.2 Å². The highest BCUT2D eigenvalue weighted by atomic mass is 35.5. The molecule has 7 nitrogen and oxygen atoms in total. The molecule has 0 saturated carbocycles. The maximum Gasteiger partial charge on any atom is 0.272 e. The molecule has 3 amide bonds. The Bertz CT molecular complexity index is 1380. The lowest BCUT2D eigenvalue weighted by Crippen LogP contribution is -2.49. The maximum atomic E-state index is 13.4. The van der Waals surface area contributed by atoms with Crippen LogP contribution in [-0.2, 0) is 20.9 Å². The monoisotopic (exact) mass is 524 g/mol. The molecule has 0 aliphatic carbocycles. The Morgan fingerprint density at radius 2 is 1.70 bits per heavy atom. The smallest absolute Gasteiger partial charge is 0.272 e. The zero-order valence-electron chi connectivity index (χ0n) is 20.0. The van der Waals surface area contributed by atoms with Crippen LogP contribution < -0.4 is 15.5 Å². The summed E-state index contributed by atoms with van der Waals surface area (Å²) in [7, 11) is 1.56. The fourth-order valence-corrected chi connectivity index (χ4v) is 4.07. The molecule has 0 bridgehead atoms. The summed E-state index contributed by atoms with van der Waals surface area (Å²) >= 11 is 6.24. The third-order valence-corrected chi connectivity index (χ3v) is 6.13. The van der Waals surface area contributed by atoms with Crippen molar-refractivity contribution in [1.82, 2.24) is 10.6 Å². The normalized spacial score (nSPS) is 15.8. The molecular weight excluding hydrogens is 502 g/mol. The molecule has 37 heavy (non-hydrogen) atoms. The number of amides is 3. The van der Waals surface area contributed by atoms with Crippen molar-refractivity contribution in [2.24, 2.45) is 10.9 Å². The first kappa shape index (κ1) is 26.0. The van der Waals surface area contributed by atoms with Gasteiger partial charge >= 0.3 is 0 Å². The predicted molar refractivity (Wildman–Crippen MR) is 136 cm³/mol. The van der Waals surface area contributed by atoms with Crippen molar-refractivity contribution in [3.8, 4) is 0 Å². The van der Waals surface area contributed by atoms with Crippen LogP contribution in [0, 0.1) is 17.6 Å². The third kappa shape index (κ3) is 5.83. The number of hydrogen-bond acceptors (Lipinski definition) is 4. The van der Waals surface area contributed by atoms with Crippen LogP contribution in [-0.4, -0.2) is 36.6 Å². The SMILES string of the molecule is CC(C(=O)NCc1cc(F)cc(F)c1)C(=O)NC1N=C(c2ccccc2)c2cc(Cl)ccc2N(C)C1=O. The van der Waals surface area contributed by atoms with Crippen molar-refractivity contribution in [1.29, 1.82) is 0 Å². The first-order chi connectivity index (χ1) is 17.6. The Morgan fingerprint density at radius 3 is 2.38 bits per heavy atom. The molecule has 1 heterocycles. The van der Waals surface area contributed by atoms with Crippen LogP contribution >= 0.6 is 11.6 Å². The molecular formula is C27H23ClF2N4O3. The van der Waals surface area contributed by atoms with Crippen molar-refractivity contribution in [2.75, 3.05) is 11.9 Å². The number of aliphatic imine (C=N–C) groups is 1. The maximum absolute atomic E-state index is 13.4. The first-order valence-electron chi connectivity index (χ1n) is 11.4. The largest absolute Gasteiger partial charge is 0.351 e. The fraction of sp³-hybridized carbons (Fsp3) is 0.185. The van der Waals surface area contributed by atoms with Crippen LogP contribution in [0.25, 0.3) is 0 Å². The third-order valence-electron chi connectivity index (χ3n) is 5.90. The Kier molecular flexibility index (Phi) is 7.63. The summed E-state index contributed by atoms with van der Waals surface area (Å²) in [4.78, 5) is 44.8. The van der Waals surface area contributed by atoms with E-state index in [1.807, 2.05) is 30.3 Å². The number of nitrogens with one attached hydrogen (secondary N) is 2. The van der Waals surface area contributed by atoms with Crippen molar-refractivity contribution in [3.63, 3.8) is 0 Å². The van der Waals surface area contributed by atoms with E-state index < -0.39 is 41.4 Å². The van der Waals surface area contributed by atoms with Crippen LogP contribution in [0.1, 0.15) is 23.6 Å². The number of benzene rings is 3. The molecule has 3 aromatic carbocycles. The standard InChI is InChI=1S/C27H23ClF2N4O3/c1-15(25(35)31-14-16-10-19(29)13-20(30)11-16)26(36)33-24-27(37)34(2)22-9-8-18(28)12-21(22)23(32-24)17-6-4-3-5-7-17/h3-13,15,24H,14H2,1-2H3,(H,31,35)(H,33,36). The van der Waals surface area contributed by atoms with Gasteiger partial charge in [-0.3, -0.25) is 14.4 Å². The zero-order valence-corrected chi connectivity index (χ0v) is 20.7. The molecule has 190 valence electrons. The van der Waals surface area contributed by atoms with Crippen LogP contribution in [0.15, 0.2) is 71.7 Å². The highest BCUT2D eigenvalue weighted by Crippen LogP contribution is 2.30. The number of carbonyl (C=O) groups excluding carboxylic acids is 3. The van der Waals surface area contributed by atoms with E-state index in [-0.39, 0.29) is 12.1 Å². The fourth-order valence-electron chi connectivity index (χ4n) is 3.90. The molecule has 0 radical (unpaired) electrons. The number of fused-ring (bicyclic) bond motifs is 1. The molecule has 2 N–H and O–H groups in total. The van der Waals surface area contributed by atoms with Gasteiger partial charge in [-0.05, 0) is 42.8 Å². The summed E-state index contributed by atoms with van der Waals surface area (Å²) < 4.78 is 26.8. The Morgan fingerprint density at radius 1 is 1.03 bits per heavy atom. The van der Waals surface area contributed by atoms with Gasteiger partial charge < -0.3 is 15.5 Å². The van der Waals surface area contributed by atoms with Crippen LogP contribution in [0.5, 0.6) is 0 Å². The number of halogens is 3. The van der Waals surface area contributed by atoms with Crippen molar-refractivity contribution in [3.05, 3.63) is 100 Å². The lowest BCUT2D eigenvalue weighted by atomic mass is 10.0. The van der Waals surface area contributed by atoms with Gasteiger partial charge in [0.15, 0.2) is 0 Å². The zero-order chi connectivity index (χ0) is 26.7. The van der Waals surface area contributed by atoms with Crippen molar-refractivity contribution in [2.45, 2.75) is 19.6 Å². The van der Waals surface area contributed by atoms with Crippen LogP contribution in [0.4, 0.5) is 14.5 Å². The quantitative estimate of drug-likeness (QED) is 0.480. The molecule has 10 heteroatoms. The Labute approximate surface area is 217 Å². The molecule has 0 fully saturated rings. The number of hydrogen-bond donors (Lipinski definition) is 2. The minimum atomic E-state index is -1.31. The van der Waals surface area contributed by atoms with Gasteiger partial charge in [0.25, 0.3) is 5.91 Å². The number of rotatable bonds is 6. The average molecular weight is 525 g/mol. The van der Waals surface area contributed by atoms with E-state index in [9.17, 15) is 23.2 Å². The number of benzodiazepines with no additional fused rings is 1. The second-order valence-electron chi connectivity index (χ2n) is 8.53. The summed E-state index contributed by atoms with van der Waals surface area (Å²) in [5.74, 6) is -4.70. The van der Waals surface area contributed by atoms with Gasteiger partial charge in [-0.2, -0.15) is 0 Å². The summed E-state index contributed by atoms with van der Waals surface area (Å²) in [6.07, 6.45) is -1.31. The van der Waals surface area contributed by atoms with E-state index >= 15 is 0 Å². The van der Waals surface area contributed by atoms with E-state index in [0.29, 0.717) is 27.5 Å². The van der Waals surface area contributed by atoms with Gasteiger partial charge in [-0.15, -0.1) is 0 Å². The average Bonchev–Trinajstić information content (AvgIpc) is 2.97. The molecule has 0 saturated heterocycles. The Hall–Kier alpha value is -4.11. The molecule has 0 aromatic heterocycles. The van der Waals surface area contributed by atoms with Crippen molar-refractivity contribution >= 4 is 40.7 Å². The number of nitrogens with zero attached hydrogens (tertiary/aromatic N) is 2. The molecule has 2 unspecified atom stereocenters. The van der Waals surface area contributed by atoms with E-state index in [4.69, 9.17) is 11.6 Å². The van der Waals surface area contributed by atoms with Gasteiger partial charge in [0, 0.05) is 35.8 Å². The lowest BCUT2D eigenvalue weighted by Gasteiger charge is -2.22. The molecule has 1 aliphatic heterocycles. The van der Waals surface area contributed by atoms with Gasteiger partial charge in [0.05, 0.1) is 11.4 Å². The van der Waals surface area contributed by atoms with Gasteiger partial charge in [-0.25, -0.2) is 13.8 Å². The molecule has 0 spiro atoms. The van der Waals surface area contributed by atoms with E-state index in [1.165, 1.54) is 11.8 Å². The van der Waals surface area contributed by atoms with Gasteiger partial charge in [0.2, 0.25) is 18.0 Å². The second kappa shape index (κ2) is 10.9. The lowest BCUT2D eigenvalue weighted by molar-refractivity contribution is -0.136. The molecule has 2 atom stereocenters. The van der Waals surface area contributed by atoms with E-state index in [2.05, 4.69) is 15.6 Å². The van der Waals surface area contributed by atoms with Gasteiger partial charge in [-0.1, -0.05) is 41.9 Å². The summed E-state index contributed by atoms with van der Waals surface area (Å²) in [6.45, 7) is 1.18. The minimum absolute atomic E-state index is 0.178. The van der Waals surface area contributed by atoms with Crippen LogP contribution in [0.3, 0.4) is 0 Å². The minimum Gasteiger partial charge on any atom is -0.351 e. The highest BCUT2D eigenvalue weighted by molar-refractivity contribution is 6.32. The summed E-state index contributed by atoms with van der Waals surface area (Å²) in [6, 6.07) is 17.1. The predicted octanol–water partition coefficient (Wildman–Crippen LogP) is 3.83. The molecule has 3 aromatic rings. The second-order valence-corrected chi connectivity index (χ2v) is 8.97. The topological polar surface area (TPSA) is 90.9 Å². The molecule has 1 aliphatic rings. The number of carbonyl (C=O) groups is 3. The summed E-state index contributed by atoms with van der Waals surface area (Å²) in [5, 5.41) is 5.49. The van der Waals surface area contributed by atoms with Crippen molar-refractivity contribution < 1.29 is 23.2 Å². The van der Waals surface area contributed by atoms with Gasteiger partial charge in [0.1, 0.15) is 17.6 Å². The Balaban J connectivity index is 1.56. The first-order valence-corrected chi connectivity index (χ1v) is 11.8. The number of likely N-dealkylation sites (N-methyl/N-ethyl adjacent to an activating group) is 1. The number of anilines is 1. The summed E-state index contributed by atoms with van der Waals surface area (Å²) in [5.41, 5.74) is 2.53. The van der Waals surface area contributed by atoms with Crippen LogP contribution in [0.2, 0.25) is 5.02 Å². The van der Waals surface area contributed by atoms with E-state index in [0.717, 1.165) is 18.2 Å². The highest BCUT2D eigenvalue weighted by Gasteiger charge is 2.33.